The molecule has 110 valence electrons. The average Bonchev–Trinajstić information content (AvgIpc) is 2.32. The first kappa shape index (κ1) is 19.2. The summed E-state index contributed by atoms with van der Waals surface area (Å²) < 4.78 is -1.03. The van der Waals surface area contributed by atoms with Crippen LogP contribution in [0.2, 0.25) is 0 Å². The summed E-state index contributed by atoms with van der Waals surface area (Å²) in [6, 6.07) is 0. The molecule has 0 spiro atoms. The minimum Gasteiger partial charge on any atom is -0.102 e. The standard InChI is InChI=1S/C14H26Cl4/c1-3-13(15,16)11-9-7-5-6-8-10-12-14(17,18)4-2/h3-12H2,1-2H3. The smallest absolute Gasteiger partial charge is 0.102 e. The zero-order valence-electron chi connectivity index (χ0n) is 11.6. The molecular formula is C14H26Cl4. The minimum absolute atomic E-state index is 0.516. The van der Waals surface area contributed by atoms with Crippen LogP contribution in [0.5, 0.6) is 0 Å². The number of alkyl halides is 4. The second kappa shape index (κ2) is 9.97. The SMILES string of the molecule is CCC(Cl)(Cl)CCCCCCCCC(Cl)(Cl)CC. The van der Waals surface area contributed by atoms with E-state index in [9.17, 15) is 0 Å². The molecule has 0 heterocycles. The summed E-state index contributed by atoms with van der Waals surface area (Å²) in [5, 5.41) is 0. The van der Waals surface area contributed by atoms with Crippen molar-refractivity contribution in [3.63, 3.8) is 0 Å². The van der Waals surface area contributed by atoms with Crippen LogP contribution in [0.4, 0.5) is 0 Å². The van der Waals surface area contributed by atoms with E-state index in [0.29, 0.717) is 0 Å². The summed E-state index contributed by atoms with van der Waals surface area (Å²) in [6.07, 6.45) is 10.6. The third-order valence-electron chi connectivity index (χ3n) is 3.37. The minimum atomic E-state index is -0.516. The first-order valence-electron chi connectivity index (χ1n) is 7.08. The van der Waals surface area contributed by atoms with E-state index in [4.69, 9.17) is 46.4 Å². The van der Waals surface area contributed by atoms with Crippen LogP contribution in [0.15, 0.2) is 0 Å². The van der Waals surface area contributed by atoms with Crippen molar-refractivity contribution < 1.29 is 0 Å². The molecule has 0 aromatic rings. The number of unbranched alkanes of at least 4 members (excludes halogenated alkanes) is 5. The van der Waals surface area contributed by atoms with Crippen LogP contribution in [0.3, 0.4) is 0 Å². The molecule has 0 rings (SSSR count). The van der Waals surface area contributed by atoms with Gasteiger partial charge in [0.25, 0.3) is 0 Å². The zero-order valence-corrected chi connectivity index (χ0v) is 14.6. The van der Waals surface area contributed by atoms with Gasteiger partial charge in [0.05, 0.1) is 0 Å². The van der Waals surface area contributed by atoms with Crippen LogP contribution < -0.4 is 0 Å². The van der Waals surface area contributed by atoms with Gasteiger partial charge in [0, 0.05) is 0 Å². The molecule has 0 aliphatic rings. The van der Waals surface area contributed by atoms with Crippen LogP contribution in [0.25, 0.3) is 0 Å². The van der Waals surface area contributed by atoms with E-state index >= 15 is 0 Å². The Morgan fingerprint density at radius 3 is 1.11 bits per heavy atom. The van der Waals surface area contributed by atoms with Crippen molar-refractivity contribution in [1.29, 1.82) is 0 Å². The van der Waals surface area contributed by atoms with Crippen molar-refractivity contribution in [2.75, 3.05) is 0 Å². The topological polar surface area (TPSA) is 0 Å². The van der Waals surface area contributed by atoms with Crippen LogP contribution >= 0.6 is 46.4 Å². The maximum Gasteiger partial charge on any atom is 0.118 e. The van der Waals surface area contributed by atoms with Gasteiger partial charge in [0.2, 0.25) is 0 Å². The van der Waals surface area contributed by atoms with Crippen LogP contribution in [0, 0.1) is 0 Å². The van der Waals surface area contributed by atoms with Gasteiger partial charge < -0.3 is 0 Å². The molecule has 0 aromatic heterocycles. The van der Waals surface area contributed by atoms with Crippen LogP contribution in [0.1, 0.15) is 78.1 Å². The van der Waals surface area contributed by atoms with Crippen molar-refractivity contribution in [2.45, 2.75) is 86.7 Å². The Morgan fingerprint density at radius 2 is 0.833 bits per heavy atom. The van der Waals surface area contributed by atoms with Crippen molar-refractivity contribution >= 4 is 46.4 Å². The van der Waals surface area contributed by atoms with Gasteiger partial charge in [-0.1, -0.05) is 52.4 Å². The maximum absolute atomic E-state index is 6.09. The monoisotopic (exact) mass is 334 g/mol. The van der Waals surface area contributed by atoms with Gasteiger partial charge in [-0.15, -0.1) is 46.4 Å². The molecular weight excluding hydrogens is 310 g/mol. The Bertz CT molecular complexity index is 180. The highest BCUT2D eigenvalue weighted by molar-refractivity contribution is 6.48. The molecule has 0 amide bonds. The largest absolute Gasteiger partial charge is 0.118 e. The molecule has 0 unspecified atom stereocenters. The molecule has 0 fully saturated rings. The summed E-state index contributed by atoms with van der Waals surface area (Å²) in [5.74, 6) is 0. The van der Waals surface area contributed by atoms with Gasteiger partial charge in [-0.3, -0.25) is 0 Å². The number of hydrogen-bond donors (Lipinski definition) is 0. The second-order valence-corrected chi connectivity index (χ2v) is 8.32. The van der Waals surface area contributed by atoms with Crippen molar-refractivity contribution in [3.05, 3.63) is 0 Å². The molecule has 0 aliphatic carbocycles. The van der Waals surface area contributed by atoms with E-state index in [0.717, 1.165) is 38.5 Å². The van der Waals surface area contributed by atoms with Gasteiger partial charge in [-0.05, 0) is 25.7 Å². The Morgan fingerprint density at radius 1 is 0.556 bits per heavy atom. The number of rotatable bonds is 11. The summed E-state index contributed by atoms with van der Waals surface area (Å²) in [4.78, 5) is 0. The van der Waals surface area contributed by atoms with Gasteiger partial charge in [0.1, 0.15) is 8.67 Å². The van der Waals surface area contributed by atoms with Gasteiger partial charge in [-0.2, -0.15) is 0 Å². The lowest BCUT2D eigenvalue weighted by atomic mass is 10.0. The molecule has 0 saturated carbocycles. The molecule has 4 heteroatoms. The third-order valence-corrected chi connectivity index (χ3v) is 5.19. The highest BCUT2D eigenvalue weighted by Gasteiger charge is 2.20. The molecule has 18 heavy (non-hydrogen) atoms. The van der Waals surface area contributed by atoms with Crippen LogP contribution in [-0.2, 0) is 0 Å². The predicted octanol–water partition coefficient (Wildman–Crippen LogP) is 7.28. The summed E-state index contributed by atoms with van der Waals surface area (Å²) in [5.41, 5.74) is 0. The highest BCUT2D eigenvalue weighted by Crippen LogP contribution is 2.32. The van der Waals surface area contributed by atoms with Crippen molar-refractivity contribution in [2.24, 2.45) is 0 Å². The average molecular weight is 336 g/mol. The fourth-order valence-electron chi connectivity index (χ4n) is 1.83. The predicted molar refractivity (Wildman–Crippen MR) is 86.4 cm³/mol. The fraction of sp³-hybridized carbons (Fsp3) is 1.00. The molecule has 0 atom stereocenters. The molecule has 0 N–H and O–H groups in total. The lowest BCUT2D eigenvalue weighted by Gasteiger charge is -2.17. The third kappa shape index (κ3) is 11.0. The summed E-state index contributed by atoms with van der Waals surface area (Å²) >= 11 is 24.3. The molecule has 0 aromatic carbocycles. The molecule has 0 aliphatic heterocycles. The second-order valence-electron chi connectivity index (χ2n) is 5.04. The fourth-order valence-corrected chi connectivity index (χ4v) is 2.36. The Balaban J connectivity index is 3.32. The summed E-state index contributed by atoms with van der Waals surface area (Å²) in [6.45, 7) is 4.05. The molecule has 0 nitrogen and oxygen atoms in total. The lowest BCUT2D eigenvalue weighted by molar-refractivity contribution is 0.532. The number of halogens is 4. The molecule has 0 radical (unpaired) electrons. The Kier molecular flexibility index (Phi) is 10.6. The molecule has 0 saturated heterocycles. The number of hydrogen-bond acceptors (Lipinski definition) is 0. The maximum atomic E-state index is 6.09. The van der Waals surface area contributed by atoms with Crippen molar-refractivity contribution in [1.82, 2.24) is 0 Å². The van der Waals surface area contributed by atoms with Crippen molar-refractivity contribution in [3.8, 4) is 0 Å². The van der Waals surface area contributed by atoms with E-state index < -0.39 is 8.67 Å². The Labute approximate surface area is 133 Å². The van der Waals surface area contributed by atoms with Gasteiger partial charge in [0.15, 0.2) is 0 Å². The lowest BCUT2D eigenvalue weighted by Crippen LogP contribution is -2.10. The highest BCUT2D eigenvalue weighted by atomic mass is 35.5. The Hall–Kier alpha value is 1.16. The van der Waals surface area contributed by atoms with Gasteiger partial charge >= 0.3 is 0 Å². The molecule has 0 bridgehead atoms. The van der Waals surface area contributed by atoms with E-state index in [1.807, 2.05) is 13.8 Å². The van der Waals surface area contributed by atoms with E-state index in [2.05, 4.69) is 0 Å². The van der Waals surface area contributed by atoms with Crippen LogP contribution in [-0.4, -0.2) is 8.67 Å². The first-order valence-corrected chi connectivity index (χ1v) is 8.60. The zero-order chi connectivity index (χ0) is 14.1. The summed E-state index contributed by atoms with van der Waals surface area (Å²) in [7, 11) is 0. The van der Waals surface area contributed by atoms with Gasteiger partial charge in [-0.25, -0.2) is 0 Å². The first-order chi connectivity index (χ1) is 8.33. The van der Waals surface area contributed by atoms with E-state index in [-0.39, 0.29) is 0 Å². The van der Waals surface area contributed by atoms with E-state index in [1.165, 1.54) is 25.7 Å². The quantitative estimate of drug-likeness (QED) is 0.275. The van der Waals surface area contributed by atoms with E-state index in [1.54, 1.807) is 0 Å². The normalized spacial score (nSPS) is 13.0.